The molecule has 0 aromatic carbocycles. The van der Waals surface area contributed by atoms with Gasteiger partial charge in [-0.05, 0) is 26.1 Å². The van der Waals surface area contributed by atoms with E-state index in [1.165, 1.54) is 6.20 Å². The zero-order valence-corrected chi connectivity index (χ0v) is 12.5. The number of aromatic amines is 1. The topological polar surface area (TPSA) is 99.8 Å². The van der Waals surface area contributed by atoms with Gasteiger partial charge in [0.2, 0.25) is 5.03 Å². The summed E-state index contributed by atoms with van der Waals surface area (Å²) >= 11 is 5.89. The van der Waals surface area contributed by atoms with Crippen molar-refractivity contribution in [2.45, 2.75) is 18.5 Å². The minimum atomic E-state index is -3.85. The van der Waals surface area contributed by atoms with Crippen LogP contribution in [0.1, 0.15) is 11.3 Å². The van der Waals surface area contributed by atoms with Gasteiger partial charge in [-0.2, -0.15) is 13.5 Å². The molecule has 2 rings (SSSR count). The molecule has 0 bridgehead atoms. The standard InChI is InChI=1S/C11H14ClN5O2S/c1-7-8(6-13-2)11(16-15-7)20(18,19)17-10-9(12)4-3-5-14-10/h3-5,13H,6H2,1-2H3,(H,14,17)(H,15,16). The molecule has 0 aliphatic heterocycles. The van der Waals surface area contributed by atoms with Gasteiger partial charge >= 0.3 is 0 Å². The van der Waals surface area contributed by atoms with E-state index in [0.29, 0.717) is 17.8 Å². The van der Waals surface area contributed by atoms with Crippen LogP contribution in [-0.4, -0.2) is 30.6 Å². The molecule has 0 spiro atoms. The maximum atomic E-state index is 12.3. The number of aromatic nitrogens is 3. The Morgan fingerprint density at radius 1 is 1.45 bits per heavy atom. The molecule has 20 heavy (non-hydrogen) atoms. The second-order valence-corrected chi connectivity index (χ2v) is 6.11. The molecule has 0 saturated heterocycles. The predicted molar refractivity (Wildman–Crippen MR) is 76.1 cm³/mol. The van der Waals surface area contributed by atoms with Crippen LogP contribution in [0.2, 0.25) is 5.02 Å². The number of nitrogens with zero attached hydrogens (tertiary/aromatic N) is 2. The van der Waals surface area contributed by atoms with Gasteiger partial charge in [-0.25, -0.2) is 4.98 Å². The summed E-state index contributed by atoms with van der Waals surface area (Å²) in [5, 5.41) is 9.57. The number of sulfonamides is 1. The van der Waals surface area contributed by atoms with Crippen molar-refractivity contribution in [1.82, 2.24) is 20.5 Å². The lowest BCUT2D eigenvalue weighted by molar-refractivity contribution is 0.595. The summed E-state index contributed by atoms with van der Waals surface area (Å²) < 4.78 is 27.0. The Morgan fingerprint density at radius 2 is 2.20 bits per heavy atom. The van der Waals surface area contributed by atoms with E-state index in [2.05, 4.69) is 25.2 Å². The Bertz CT molecular complexity index is 713. The zero-order valence-electron chi connectivity index (χ0n) is 10.9. The lowest BCUT2D eigenvalue weighted by atomic mass is 10.3. The maximum absolute atomic E-state index is 12.3. The van der Waals surface area contributed by atoms with E-state index in [4.69, 9.17) is 11.6 Å². The number of anilines is 1. The summed E-state index contributed by atoms with van der Waals surface area (Å²) in [7, 11) is -2.12. The minimum Gasteiger partial charge on any atom is -0.316 e. The van der Waals surface area contributed by atoms with Crippen LogP contribution < -0.4 is 10.0 Å². The van der Waals surface area contributed by atoms with Crippen LogP contribution in [0.15, 0.2) is 23.4 Å². The molecule has 0 saturated carbocycles. The number of H-pyrrole nitrogens is 1. The highest BCUT2D eigenvalue weighted by Crippen LogP contribution is 2.23. The average Bonchev–Trinajstić information content (AvgIpc) is 2.75. The largest absolute Gasteiger partial charge is 0.316 e. The van der Waals surface area contributed by atoms with Crippen molar-refractivity contribution in [3.8, 4) is 0 Å². The van der Waals surface area contributed by atoms with Gasteiger partial charge in [-0.15, -0.1) is 0 Å². The van der Waals surface area contributed by atoms with Crippen molar-refractivity contribution in [3.05, 3.63) is 34.6 Å². The quantitative estimate of drug-likeness (QED) is 0.772. The van der Waals surface area contributed by atoms with Gasteiger partial charge in [-0.1, -0.05) is 11.6 Å². The summed E-state index contributed by atoms with van der Waals surface area (Å²) in [4.78, 5) is 3.90. The van der Waals surface area contributed by atoms with Gasteiger partial charge in [0, 0.05) is 24.0 Å². The fourth-order valence-electron chi connectivity index (χ4n) is 1.67. The van der Waals surface area contributed by atoms with Crippen molar-refractivity contribution in [3.63, 3.8) is 0 Å². The first-order valence-electron chi connectivity index (χ1n) is 5.77. The molecule has 0 amide bonds. The van der Waals surface area contributed by atoms with E-state index in [9.17, 15) is 8.42 Å². The summed E-state index contributed by atoms with van der Waals surface area (Å²) in [6, 6.07) is 3.17. The Hall–Kier alpha value is -1.64. The van der Waals surface area contributed by atoms with Crippen LogP contribution in [0.25, 0.3) is 0 Å². The molecule has 0 unspecified atom stereocenters. The molecular formula is C11H14ClN5O2S. The first-order valence-corrected chi connectivity index (χ1v) is 7.63. The first kappa shape index (κ1) is 14.8. The van der Waals surface area contributed by atoms with Gasteiger partial charge < -0.3 is 5.32 Å². The van der Waals surface area contributed by atoms with Crippen LogP contribution in [0.5, 0.6) is 0 Å². The van der Waals surface area contributed by atoms with E-state index < -0.39 is 10.0 Å². The molecule has 2 heterocycles. The smallest absolute Gasteiger partial charge is 0.282 e. The number of nitrogens with one attached hydrogen (secondary N) is 3. The molecule has 3 N–H and O–H groups in total. The number of rotatable bonds is 5. The van der Waals surface area contributed by atoms with Crippen LogP contribution >= 0.6 is 11.6 Å². The molecule has 2 aromatic heterocycles. The monoisotopic (exact) mass is 315 g/mol. The third-order valence-corrected chi connectivity index (χ3v) is 4.25. The second kappa shape index (κ2) is 5.78. The van der Waals surface area contributed by atoms with Gasteiger partial charge in [0.1, 0.15) is 0 Å². The number of aryl methyl sites for hydroxylation is 1. The van der Waals surface area contributed by atoms with Gasteiger partial charge in [0.15, 0.2) is 5.82 Å². The van der Waals surface area contributed by atoms with Crippen LogP contribution in [0.4, 0.5) is 5.82 Å². The number of hydrogen-bond donors (Lipinski definition) is 3. The summed E-state index contributed by atoms with van der Waals surface area (Å²) in [6.45, 7) is 2.14. The third-order valence-electron chi connectivity index (χ3n) is 2.63. The first-order chi connectivity index (χ1) is 9.45. The minimum absolute atomic E-state index is 0.0638. The van der Waals surface area contributed by atoms with Crippen LogP contribution in [-0.2, 0) is 16.6 Å². The highest BCUT2D eigenvalue weighted by atomic mass is 35.5. The molecule has 108 valence electrons. The van der Waals surface area contributed by atoms with E-state index in [1.807, 2.05) is 0 Å². The summed E-state index contributed by atoms with van der Waals surface area (Å²) in [6.07, 6.45) is 1.45. The summed E-state index contributed by atoms with van der Waals surface area (Å²) in [5.41, 5.74) is 1.26. The average molecular weight is 316 g/mol. The second-order valence-electron chi connectivity index (χ2n) is 4.10. The van der Waals surface area contributed by atoms with Crippen molar-refractivity contribution >= 4 is 27.4 Å². The van der Waals surface area contributed by atoms with Gasteiger partial charge in [0.25, 0.3) is 10.0 Å². The lowest BCUT2D eigenvalue weighted by Gasteiger charge is -2.08. The SMILES string of the molecule is CNCc1c(S(=O)(=O)Nc2ncccc2Cl)n[nH]c1C. The predicted octanol–water partition coefficient (Wildman–Crippen LogP) is 1.29. The molecule has 9 heteroatoms. The maximum Gasteiger partial charge on any atom is 0.282 e. The fraction of sp³-hybridized carbons (Fsp3) is 0.273. The normalized spacial score (nSPS) is 11.6. The Morgan fingerprint density at radius 3 is 2.85 bits per heavy atom. The van der Waals surface area contributed by atoms with E-state index in [1.54, 1.807) is 26.1 Å². The van der Waals surface area contributed by atoms with E-state index in [0.717, 1.165) is 0 Å². The molecule has 0 atom stereocenters. The highest BCUT2D eigenvalue weighted by molar-refractivity contribution is 7.92. The lowest BCUT2D eigenvalue weighted by Crippen LogP contribution is -2.18. The van der Waals surface area contributed by atoms with Crippen molar-refractivity contribution < 1.29 is 8.42 Å². The molecule has 0 aliphatic rings. The van der Waals surface area contributed by atoms with Crippen molar-refractivity contribution in [2.75, 3.05) is 11.8 Å². The Kier molecular flexibility index (Phi) is 4.26. The Balaban J connectivity index is 2.39. The van der Waals surface area contributed by atoms with Crippen molar-refractivity contribution in [2.24, 2.45) is 0 Å². The van der Waals surface area contributed by atoms with Gasteiger partial charge in [0.05, 0.1) is 5.02 Å². The number of pyridine rings is 1. The zero-order chi connectivity index (χ0) is 14.8. The summed E-state index contributed by atoms with van der Waals surface area (Å²) in [5.74, 6) is 0.0743. The fourth-order valence-corrected chi connectivity index (χ4v) is 3.13. The number of halogens is 1. The Labute approximate surface area is 121 Å². The van der Waals surface area contributed by atoms with Gasteiger partial charge in [-0.3, -0.25) is 9.82 Å². The van der Waals surface area contributed by atoms with E-state index in [-0.39, 0.29) is 15.9 Å². The molecule has 2 aromatic rings. The third kappa shape index (κ3) is 2.92. The molecule has 0 aliphatic carbocycles. The number of hydrogen-bond acceptors (Lipinski definition) is 5. The highest BCUT2D eigenvalue weighted by Gasteiger charge is 2.24. The van der Waals surface area contributed by atoms with E-state index >= 15 is 0 Å². The van der Waals surface area contributed by atoms with Crippen LogP contribution in [0.3, 0.4) is 0 Å². The molecule has 0 radical (unpaired) electrons. The molecule has 0 fully saturated rings. The van der Waals surface area contributed by atoms with Crippen LogP contribution in [0, 0.1) is 6.92 Å². The molecular weight excluding hydrogens is 302 g/mol. The van der Waals surface area contributed by atoms with Crippen molar-refractivity contribution in [1.29, 1.82) is 0 Å². The molecule has 7 nitrogen and oxygen atoms in total.